The Morgan fingerprint density at radius 1 is 1.19 bits per heavy atom. The monoisotopic (exact) mass is 375 g/mol. The van der Waals surface area contributed by atoms with E-state index in [-0.39, 0.29) is 17.4 Å². The fourth-order valence-electron chi connectivity index (χ4n) is 2.69. The number of benzene rings is 2. The van der Waals surface area contributed by atoms with Gasteiger partial charge in [0.1, 0.15) is 0 Å². The number of sulfonamides is 1. The van der Waals surface area contributed by atoms with E-state index >= 15 is 0 Å². The third kappa shape index (κ3) is 4.49. The highest BCUT2D eigenvalue weighted by Gasteiger charge is 2.30. The van der Waals surface area contributed by atoms with Crippen LogP contribution in [0.1, 0.15) is 12.0 Å². The van der Waals surface area contributed by atoms with Crippen molar-refractivity contribution in [1.82, 2.24) is 4.31 Å². The number of nitrogens with zero attached hydrogens (tertiary/aromatic N) is 1. The van der Waals surface area contributed by atoms with Crippen LogP contribution in [0.3, 0.4) is 0 Å². The molecule has 1 heterocycles. The predicted molar refractivity (Wildman–Crippen MR) is 97.4 cm³/mol. The summed E-state index contributed by atoms with van der Waals surface area (Å²) in [6, 6.07) is 14.3. The van der Waals surface area contributed by atoms with E-state index in [9.17, 15) is 13.2 Å². The van der Waals surface area contributed by atoms with Gasteiger partial charge in [0, 0.05) is 20.0 Å². The van der Waals surface area contributed by atoms with Crippen molar-refractivity contribution in [3.8, 4) is 11.1 Å². The molecular formula is C19H21NO5S. The van der Waals surface area contributed by atoms with Crippen LogP contribution < -0.4 is 0 Å². The molecule has 0 amide bonds. The summed E-state index contributed by atoms with van der Waals surface area (Å²) in [4.78, 5) is 10.9. The summed E-state index contributed by atoms with van der Waals surface area (Å²) in [7, 11) is -2.01. The Bertz CT molecular complexity index is 888. The van der Waals surface area contributed by atoms with Gasteiger partial charge in [-0.2, -0.15) is 4.31 Å². The van der Waals surface area contributed by atoms with E-state index in [1.54, 1.807) is 25.2 Å². The van der Waals surface area contributed by atoms with Gasteiger partial charge in [-0.3, -0.25) is 4.79 Å². The number of aryl methyl sites for hydroxylation is 1. The van der Waals surface area contributed by atoms with Crippen LogP contribution in [0, 0.1) is 0 Å². The first kappa shape index (κ1) is 18.6. The van der Waals surface area contributed by atoms with Crippen molar-refractivity contribution >= 4 is 16.0 Å². The lowest BCUT2D eigenvalue weighted by atomic mass is 10.0. The van der Waals surface area contributed by atoms with Crippen molar-refractivity contribution < 1.29 is 23.1 Å². The fourth-order valence-corrected chi connectivity index (χ4v) is 3.94. The Kier molecular flexibility index (Phi) is 5.41. The van der Waals surface area contributed by atoms with Gasteiger partial charge in [-0.1, -0.05) is 36.4 Å². The summed E-state index contributed by atoms with van der Waals surface area (Å²) in [5.41, 5.74) is 2.62. The first-order valence-corrected chi connectivity index (χ1v) is 9.79. The molecule has 6 nitrogen and oxygen atoms in total. The van der Waals surface area contributed by atoms with Crippen LogP contribution in [0.15, 0.2) is 53.4 Å². The van der Waals surface area contributed by atoms with Gasteiger partial charge in [0.15, 0.2) is 0 Å². The van der Waals surface area contributed by atoms with Crippen LogP contribution in [0.5, 0.6) is 0 Å². The number of carbonyl (C=O) groups is 1. The summed E-state index contributed by atoms with van der Waals surface area (Å²) >= 11 is 0. The maximum atomic E-state index is 12.7. The van der Waals surface area contributed by atoms with Gasteiger partial charge in [-0.25, -0.2) is 8.42 Å². The second-order valence-corrected chi connectivity index (χ2v) is 8.40. The first-order valence-electron chi connectivity index (χ1n) is 8.35. The molecule has 1 atom stereocenters. The van der Waals surface area contributed by atoms with Gasteiger partial charge in [0.05, 0.1) is 17.6 Å². The van der Waals surface area contributed by atoms with E-state index < -0.39 is 16.0 Å². The molecule has 3 rings (SSSR count). The summed E-state index contributed by atoms with van der Waals surface area (Å²) in [6.07, 6.45) is 0.554. The summed E-state index contributed by atoms with van der Waals surface area (Å²) in [6.45, 7) is 0.957. The third-order valence-corrected chi connectivity index (χ3v) is 6.14. The Morgan fingerprint density at radius 2 is 1.88 bits per heavy atom. The van der Waals surface area contributed by atoms with E-state index in [1.165, 1.54) is 4.31 Å². The van der Waals surface area contributed by atoms with Gasteiger partial charge in [0.25, 0.3) is 0 Å². The standard InChI is InChI=1S/C19H21NO5S/c1-20(12-17-13-25-17)26(23,24)18-4-2-3-16(11-18)15-8-5-14(6-9-15)7-10-19(21)22/h2-6,8-9,11,17H,7,10,12-13H2,1H3,(H,21,22). The molecule has 0 radical (unpaired) electrons. The van der Waals surface area contributed by atoms with Gasteiger partial charge in [0.2, 0.25) is 10.0 Å². The normalized spacial score (nSPS) is 16.6. The highest BCUT2D eigenvalue weighted by atomic mass is 32.2. The number of rotatable bonds is 8. The molecule has 2 aromatic carbocycles. The van der Waals surface area contributed by atoms with Crippen LogP contribution in [0.4, 0.5) is 0 Å². The number of likely N-dealkylation sites (N-methyl/N-ethyl adjacent to an activating group) is 1. The summed E-state index contributed by atoms with van der Waals surface area (Å²) < 4.78 is 31.8. The molecule has 0 aromatic heterocycles. The molecule has 1 N–H and O–H groups in total. The molecule has 0 saturated carbocycles. The average molecular weight is 375 g/mol. The number of ether oxygens (including phenoxy) is 1. The molecule has 26 heavy (non-hydrogen) atoms. The van der Waals surface area contributed by atoms with E-state index in [0.717, 1.165) is 16.7 Å². The minimum atomic E-state index is -3.56. The van der Waals surface area contributed by atoms with Crippen molar-refractivity contribution in [3.63, 3.8) is 0 Å². The molecule has 1 saturated heterocycles. The van der Waals surface area contributed by atoms with Crippen molar-refractivity contribution in [1.29, 1.82) is 0 Å². The SMILES string of the molecule is CN(CC1CO1)S(=O)(=O)c1cccc(-c2ccc(CCC(=O)O)cc2)c1. The number of carboxylic acids is 1. The Labute approximate surface area is 153 Å². The van der Waals surface area contributed by atoms with Crippen molar-refractivity contribution in [2.45, 2.75) is 23.8 Å². The number of carboxylic acid groups (broad SMARTS) is 1. The topological polar surface area (TPSA) is 87.2 Å². The predicted octanol–water partition coefficient (Wildman–Crippen LogP) is 2.39. The molecule has 7 heteroatoms. The molecule has 1 aliphatic heterocycles. The highest BCUT2D eigenvalue weighted by Crippen LogP contribution is 2.25. The zero-order valence-electron chi connectivity index (χ0n) is 14.5. The smallest absolute Gasteiger partial charge is 0.303 e. The van der Waals surface area contributed by atoms with Crippen LogP contribution >= 0.6 is 0 Å². The second-order valence-electron chi connectivity index (χ2n) is 6.36. The summed E-state index contributed by atoms with van der Waals surface area (Å²) in [5, 5.41) is 8.75. The van der Waals surface area contributed by atoms with Crippen LogP contribution in [-0.2, 0) is 26.0 Å². The van der Waals surface area contributed by atoms with Gasteiger partial charge >= 0.3 is 5.97 Å². The lowest BCUT2D eigenvalue weighted by molar-refractivity contribution is -0.136. The van der Waals surface area contributed by atoms with Gasteiger partial charge < -0.3 is 9.84 Å². The second kappa shape index (κ2) is 7.57. The van der Waals surface area contributed by atoms with Gasteiger partial charge in [-0.15, -0.1) is 0 Å². The van der Waals surface area contributed by atoms with E-state index in [1.807, 2.05) is 30.3 Å². The molecule has 1 unspecified atom stereocenters. The molecule has 1 aliphatic rings. The van der Waals surface area contributed by atoms with Gasteiger partial charge in [-0.05, 0) is 35.2 Å². The van der Waals surface area contributed by atoms with Crippen LogP contribution in [0.25, 0.3) is 11.1 Å². The minimum Gasteiger partial charge on any atom is -0.481 e. The Morgan fingerprint density at radius 3 is 2.50 bits per heavy atom. The lowest BCUT2D eigenvalue weighted by Crippen LogP contribution is -2.30. The molecule has 1 fully saturated rings. The molecular weight excluding hydrogens is 354 g/mol. The molecule has 138 valence electrons. The number of hydrogen-bond acceptors (Lipinski definition) is 4. The molecule has 2 aromatic rings. The molecule has 0 spiro atoms. The first-order chi connectivity index (χ1) is 12.4. The van der Waals surface area contributed by atoms with E-state index in [4.69, 9.17) is 9.84 Å². The number of aliphatic carboxylic acids is 1. The molecule has 0 bridgehead atoms. The third-order valence-electron chi connectivity index (χ3n) is 4.32. The maximum Gasteiger partial charge on any atom is 0.303 e. The largest absolute Gasteiger partial charge is 0.481 e. The number of hydrogen-bond donors (Lipinski definition) is 1. The van der Waals surface area contributed by atoms with E-state index in [2.05, 4.69) is 0 Å². The van der Waals surface area contributed by atoms with Crippen LogP contribution in [-0.4, -0.2) is 50.1 Å². The maximum absolute atomic E-state index is 12.7. The lowest BCUT2D eigenvalue weighted by Gasteiger charge is -2.16. The van der Waals surface area contributed by atoms with Crippen molar-refractivity contribution in [3.05, 3.63) is 54.1 Å². The Hall–Kier alpha value is -2.22. The van der Waals surface area contributed by atoms with Crippen molar-refractivity contribution in [2.75, 3.05) is 20.2 Å². The zero-order valence-corrected chi connectivity index (χ0v) is 15.3. The van der Waals surface area contributed by atoms with Crippen LogP contribution in [0.2, 0.25) is 0 Å². The molecule has 0 aliphatic carbocycles. The van der Waals surface area contributed by atoms with Crippen molar-refractivity contribution in [2.24, 2.45) is 0 Å². The quantitative estimate of drug-likeness (QED) is 0.716. The highest BCUT2D eigenvalue weighted by molar-refractivity contribution is 7.89. The zero-order chi connectivity index (χ0) is 18.7. The average Bonchev–Trinajstić information content (AvgIpc) is 3.44. The Balaban J connectivity index is 1.79. The minimum absolute atomic E-state index is 0.00342. The summed E-state index contributed by atoms with van der Waals surface area (Å²) in [5.74, 6) is -0.826. The van der Waals surface area contributed by atoms with E-state index in [0.29, 0.717) is 19.6 Å². The number of epoxide rings is 1. The fraction of sp³-hybridized carbons (Fsp3) is 0.316.